The van der Waals surface area contributed by atoms with Gasteiger partial charge in [-0.1, -0.05) is 6.08 Å². The summed E-state index contributed by atoms with van der Waals surface area (Å²) in [5.41, 5.74) is 2.04. The van der Waals surface area contributed by atoms with Crippen molar-refractivity contribution < 1.29 is 23.5 Å². The Labute approximate surface area is 169 Å². The Bertz CT molecular complexity index is 960. The molecule has 2 rings (SSSR count). The molecule has 6 nitrogen and oxygen atoms in total. The van der Waals surface area contributed by atoms with Crippen LogP contribution in [0.15, 0.2) is 36.9 Å². The first kappa shape index (κ1) is 22.1. The van der Waals surface area contributed by atoms with Gasteiger partial charge in [0.2, 0.25) is 0 Å². The number of Topliss-reactive ketones (excluding diaryl/α,β-unsaturated/α-hetero) is 1. The van der Waals surface area contributed by atoms with Crippen LogP contribution < -0.4 is 0 Å². The lowest BCUT2D eigenvalue weighted by Crippen LogP contribution is -2.43. The number of hydrogen-bond acceptors (Lipinski definition) is 4. The maximum absolute atomic E-state index is 13.3. The molecule has 29 heavy (non-hydrogen) atoms. The first-order chi connectivity index (χ1) is 13.6. The molecule has 0 N–H and O–H groups in total. The molecule has 0 saturated carbocycles. The van der Waals surface area contributed by atoms with Crippen LogP contribution in [0.4, 0.5) is 4.39 Å². The van der Waals surface area contributed by atoms with Crippen molar-refractivity contribution in [1.82, 2.24) is 9.47 Å². The fraction of sp³-hybridized carbons (Fsp3) is 0.318. The van der Waals surface area contributed by atoms with Crippen molar-refractivity contribution in [2.75, 3.05) is 13.7 Å². The zero-order chi connectivity index (χ0) is 21.9. The molecule has 0 spiro atoms. The number of rotatable bonds is 7. The number of amides is 1. The van der Waals surface area contributed by atoms with Crippen molar-refractivity contribution in [2.45, 2.75) is 26.8 Å². The lowest BCUT2D eigenvalue weighted by Gasteiger charge is -2.27. The number of carbonyl (C=O) groups is 3. The quantitative estimate of drug-likeness (QED) is 0.405. The van der Waals surface area contributed by atoms with Crippen LogP contribution in [0, 0.1) is 19.7 Å². The smallest absolute Gasteiger partial charge is 0.354 e. The molecule has 1 unspecified atom stereocenters. The fourth-order valence-corrected chi connectivity index (χ4v) is 3.39. The van der Waals surface area contributed by atoms with Crippen molar-refractivity contribution in [2.24, 2.45) is 7.05 Å². The van der Waals surface area contributed by atoms with Gasteiger partial charge in [-0.25, -0.2) is 9.18 Å². The van der Waals surface area contributed by atoms with Gasteiger partial charge in [0.15, 0.2) is 5.78 Å². The average Bonchev–Trinajstić information content (AvgIpc) is 2.93. The summed E-state index contributed by atoms with van der Waals surface area (Å²) < 4.78 is 19.6. The highest BCUT2D eigenvalue weighted by Crippen LogP contribution is 2.25. The molecule has 0 aliphatic heterocycles. The second-order valence-corrected chi connectivity index (χ2v) is 6.78. The van der Waals surface area contributed by atoms with Gasteiger partial charge in [-0.3, -0.25) is 9.59 Å². The number of hydrogen-bond donors (Lipinski definition) is 0. The van der Waals surface area contributed by atoms with Gasteiger partial charge in [-0.05, 0) is 50.6 Å². The van der Waals surface area contributed by atoms with Crippen LogP contribution in [0.3, 0.4) is 0 Å². The molecular weight excluding hydrogens is 375 g/mol. The Balaban J connectivity index is 2.45. The molecule has 0 saturated heterocycles. The van der Waals surface area contributed by atoms with Crippen LogP contribution in [-0.4, -0.2) is 46.8 Å². The van der Waals surface area contributed by atoms with E-state index in [2.05, 4.69) is 6.58 Å². The zero-order valence-corrected chi connectivity index (χ0v) is 17.3. The van der Waals surface area contributed by atoms with Gasteiger partial charge >= 0.3 is 5.97 Å². The van der Waals surface area contributed by atoms with Crippen LogP contribution in [0.2, 0.25) is 0 Å². The maximum Gasteiger partial charge on any atom is 0.354 e. The normalized spacial score (nSPS) is 11.7. The van der Waals surface area contributed by atoms with Crippen molar-refractivity contribution in [3.8, 4) is 0 Å². The van der Waals surface area contributed by atoms with Gasteiger partial charge in [-0.2, -0.15) is 0 Å². The van der Waals surface area contributed by atoms with E-state index in [0.29, 0.717) is 22.5 Å². The van der Waals surface area contributed by atoms with E-state index >= 15 is 0 Å². The molecule has 1 heterocycles. The van der Waals surface area contributed by atoms with Crippen LogP contribution in [0.25, 0.3) is 0 Å². The third-order valence-corrected chi connectivity index (χ3v) is 5.08. The molecule has 0 aliphatic rings. The van der Waals surface area contributed by atoms with E-state index < -0.39 is 23.7 Å². The van der Waals surface area contributed by atoms with E-state index in [0.717, 1.165) is 0 Å². The Hall–Kier alpha value is -3.22. The summed E-state index contributed by atoms with van der Waals surface area (Å²) >= 11 is 0. The van der Waals surface area contributed by atoms with Crippen molar-refractivity contribution in [3.05, 3.63) is 70.8 Å². The summed E-state index contributed by atoms with van der Waals surface area (Å²) in [7, 11) is 2.96. The zero-order valence-electron chi connectivity index (χ0n) is 17.3. The average molecular weight is 400 g/mol. The monoisotopic (exact) mass is 400 g/mol. The van der Waals surface area contributed by atoms with E-state index in [9.17, 15) is 18.8 Å². The molecule has 7 heteroatoms. The fourth-order valence-electron chi connectivity index (χ4n) is 3.39. The third-order valence-electron chi connectivity index (χ3n) is 5.08. The highest BCUT2D eigenvalue weighted by atomic mass is 19.1. The minimum Gasteiger partial charge on any atom is -0.464 e. The van der Waals surface area contributed by atoms with Crippen LogP contribution >= 0.6 is 0 Å². The first-order valence-corrected chi connectivity index (χ1v) is 9.11. The van der Waals surface area contributed by atoms with Crippen LogP contribution in [-0.2, 0) is 11.8 Å². The molecule has 1 aromatic carbocycles. The van der Waals surface area contributed by atoms with Crippen LogP contribution in [0.5, 0.6) is 0 Å². The Morgan fingerprint density at radius 2 is 1.83 bits per heavy atom. The summed E-state index contributed by atoms with van der Waals surface area (Å²) in [6.45, 7) is 8.84. The Morgan fingerprint density at radius 1 is 1.24 bits per heavy atom. The molecule has 1 atom stereocenters. The predicted octanol–water partition coefficient (Wildman–Crippen LogP) is 3.47. The number of carbonyl (C=O) groups excluding carboxylic acids is 3. The number of nitrogens with zero attached hydrogens (tertiary/aromatic N) is 2. The van der Waals surface area contributed by atoms with Gasteiger partial charge < -0.3 is 14.2 Å². The minimum atomic E-state index is -0.823. The topological polar surface area (TPSA) is 68.6 Å². The minimum absolute atomic E-state index is 0.137. The predicted molar refractivity (Wildman–Crippen MR) is 108 cm³/mol. The second kappa shape index (κ2) is 8.86. The van der Waals surface area contributed by atoms with E-state index in [1.54, 1.807) is 32.4 Å². The molecule has 2 aromatic rings. The van der Waals surface area contributed by atoms with E-state index in [1.807, 2.05) is 0 Å². The van der Waals surface area contributed by atoms with Gasteiger partial charge in [0.25, 0.3) is 5.91 Å². The number of ketones is 1. The standard InChI is InChI=1S/C22H25FN2O4/c1-7-12-25(21(27)16-8-10-17(23)11-9-16)15(4)20(26)18-13(2)19(22(28)29-6)24(5)14(18)3/h7-11,15H,1,12H2,2-6H3. The number of esters is 1. The Kier molecular flexibility index (Phi) is 6.74. The number of methoxy groups -OCH3 is 1. The van der Waals surface area contributed by atoms with Gasteiger partial charge in [0, 0.05) is 30.4 Å². The van der Waals surface area contributed by atoms with E-state index in [-0.39, 0.29) is 17.9 Å². The van der Waals surface area contributed by atoms with Crippen molar-refractivity contribution in [1.29, 1.82) is 0 Å². The summed E-state index contributed by atoms with van der Waals surface area (Å²) in [4.78, 5) is 39.7. The SMILES string of the molecule is C=CCN(C(=O)c1ccc(F)cc1)C(C)C(=O)c1c(C)c(C(=O)OC)n(C)c1C. The molecule has 0 aliphatic carbocycles. The maximum atomic E-state index is 13.3. The van der Waals surface area contributed by atoms with Gasteiger partial charge in [-0.15, -0.1) is 6.58 Å². The largest absolute Gasteiger partial charge is 0.464 e. The van der Waals surface area contributed by atoms with Crippen molar-refractivity contribution in [3.63, 3.8) is 0 Å². The number of aromatic nitrogens is 1. The molecular formula is C22H25FN2O4. The van der Waals surface area contributed by atoms with Crippen LogP contribution in [0.1, 0.15) is 49.4 Å². The van der Waals surface area contributed by atoms with E-state index in [1.165, 1.54) is 42.4 Å². The van der Waals surface area contributed by atoms with Crippen molar-refractivity contribution >= 4 is 17.7 Å². The summed E-state index contributed by atoms with van der Waals surface area (Å²) in [5, 5.41) is 0. The number of halogens is 1. The second-order valence-electron chi connectivity index (χ2n) is 6.78. The summed E-state index contributed by atoms with van der Waals surface area (Å²) in [5.74, 6) is -1.70. The Morgan fingerprint density at radius 3 is 2.34 bits per heavy atom. The first-order valence-electron chi connectivity index (χ1n) is 9.11. The third kappa shape index (κ3) is 4.13. The molecule has 0 radical (unpaired) electrons. The number of ether oxygens (including phenoxy) is 1. The lowest BCUT2D eigenvalue weighted by atomic mass is 9.99. The summed E-state index contributed by atoms with van der Waals surface area (Å²) in [6.07, 6.45) is 1.52. The number of benzene rings is 1. The van der Waals surface area contributed by atoms with Gasteiger partial charge in [0.1, 0.15) is 11.5 Å². The highest BCUT2D eigenvalue weighted by Gasteiger charge is 2.32. The molecule has 0 fully saturated rings. The van der Waals surface area contributed by atoms with E-state index in [4.69, 9.17) is 4.74 Å². The van der Waals surface area contributed by atoms with Gasteiger partial charge in [0.05, 0.1) is 13.2 Å². The molecule has 154 valence electrons. The molecule has 1 amide bonds. The molecule has 1 aromatic heterocycles. The molecule has 0 bridgehead atoms. The lowest BCUT2D eigenvalue weighted by molar-refractivity contribution is 0.0588. The summed E-state index contributed by atoms with van der Waals surface area (Å²) in [6, 6.07) is 4.31. The highest BCUT2D eigenvalue weighted by molar-refractivity contribution is 6.07.